The molecular formula is C24H17Cl2F3N4O2. The number of hydrogen-bond donors (Lipinski definition) is 1. The first-order valence-electron chi connectivity index (χ1n) is 10.3. The lowest BCUT2D eigenvalue weighted by atomic mass is 10.2. The summed E-state index contributed by atoms with van der Waals surface area (Å²) in [6.45, 7) is -0.101. The van der Waals surface area contributed by atoms with Crippen molar-refractivity contribution in [3.8, 4) is 0 Å². The van der Waals surface area contributed by atoms with Gasteiger partial charge in [0.1, 0.15) is 0 Å². The number of rotatable bonds is 6. The summed E-state index contributed by atoms with van der Waals surface area (Å²) in [4.78, 5) is 30.1. The quantitative estimate of drug-likeness (QED) is 0.360. The molecule has 0 saturated carbocycles. The molecule has 4 aromatic rings. The molecular weight excluding hydrogens is 504 g/mol. The fourth-order valence-electron chi connectivity index (χ4n) is 3.39. The van der Waals surface area contributed by atoms with E-state index >= 15 is 0 Å². The van der Waals surface area contributed by atoms with Crippen molar-refractivity contribution in [1.82, 2.24) is 14.1 Å². The van der Waals surface area contributed by atoms with Crippen LogP contribution in [-0.2, 0) is 19.3 Å². The first-order chi connectivity index (χ1) is 16.6. The minimum absolute atomic E-state index is 0.00910. The van der Waals surface area contributed by atoms with Crippen LogP contribution in [0, 0.1) is 0 Å². The molecule has 0 bridgehead atoms. The monoisotopic (exact) mass is 520 g/mol. The van der Waals surface area contributed by atoms with Crippen molar-refractivity contribution in [3.63, 3.8) is 0 Å². The van der Waals surface area contributed by atoms with Gasteiger partial charge in [0.05, 0.1) is 28.7 Å². The highest BCUT2D eigenvalue weighted by molar-refractivity contribution is 6.42. The van der Waals surface area contributed by atoms with Gasteiger partial charge in [0.25, 0.3) is 0 Å². The predicted molar refractivity (Wildman–Crippen MR) is 129 cm³/mol. The van der Waals surface area contributed by atoms with Gasteiger partial charge in [-0.2, -0.15) is 18.2 Å². The molecule has 6 nitrogen and oxygen atoms in total. The Kier molecular flexibility index (Phi) is 7.00. The number of alkyl halides is 3. The molecule has 11 heteroatoms. The Labute approximate surface area is 207 Å². The average Bonchev–Trinajstić information content (AvgIpc) is 2.82. The first-order valence-corrected chi connectivity index (χ1v) is 11.0. The SMILES string of the molecule is O=c1nc(Nc2cccc(C(F)(F)F)c2)n(Cc2ccc(Cl)c(Cl)c2)c(=O)n1Cc1ccccc1. The zero-order valence-electron chi connectivity index (χ0n) is 17.9. The number of anilines is 2. The van der Waals surface area contributed by atoms with Crippen molar-refractivity contribution in [1.29, 1.82) is 0 Å². The van der Waals surface area contributed by atoms with E-state index in [2.05, 4.69) is 10.3 Å². The molecule has 4 rings (SSSR count). The van der Waals surface area contributed by atoms with E-state index < -0.39 is 23.1 Å². The summed E-state index contributed by atoms with van der Waals surface area (Å²) in [5.41, 5.74) is -1.16. The van der Waals surface area contributed by atoms with Gasteiger partial charge in [-0.25, -0.2) is 14.2 Å². The molecule has 180 valence electrons. The molecule has 0 aliphatic rings. The number of hydrogen-bond acceptors (Lipinski definition) is 4. The molecule has 35 heavy (non-hydrogen) atoms. The van der Waals surface area contributed by atoms with E-state index in [1.807, 2.05) is 0 Å². The fraction of sp³-hybridized carbons (Fsp3) is 0.125. The Bertz CT molecular complexity index is 1490. The largest absolute Gasteiger partial charge is 0.416 e. The van der Waals surface area contributed by atoms with Crippen LogP contribution in [0.2, 0.25) is 10.0 Å². The van der Waals surface area contributed by atoms with E-state index in [1.54, 1.807) is 48.5 Å². The summed E-state index contributed by atoms with van der Waals surface area (Å²) in [6.07, 6.45) is -4.57. The van der Waals surface area contributed by atoms with Crippen LogP contribution in [0.15, 0.2) is 82.4 Å². The summed E-state index contributed by atoms with van der Waals surface area (Å²) in [7, 11) is 0. The van der Waals surface area contributed by atoms with Gasteiger partial charge in [0, 0.05) is 5.69 Å². The van der Waals surface area contributed by atoms with Crippen LogP contribution in [0.5, 0.6) is 0 Å². The van der Waals surface area contributed by atoms with Crippen LogP contribution in [0.1, 0.15) is 16.7 Å². The Morgan fingerprint density at radius 2 is 1.51 bits per heavy atom. The van der Waals surface area contributed by atoms with Gasteiger partial charge in [-0.05, 0) is 41.5 Å². The third-order valence-corrected chi connectivity index (χ3v) is 5.84. The smallest absolute Gasteiger partial charge is 0.325 e. The number of aromatic nitrogens is 3. The van der Waals surface area contributed by atoms with Crippen LogP contribution < -0.4 is 16.7 Å². The van der Waals surface area contributed by atoms with E-state index in [1.165, 1.54) is 12.1 Å². The van der Waals surface area contributed by atoms with E-state index in [-0.39, 0.29) is 29.7 Å². The highest BCUT2D eigenvalue weighted by Gasteiger charge is 2.30. The zero-order valence-corrected chi connectivity index (χ0v) is 19.4. The van der Waals surface area contributed by atoms with Gasteiger partial charge in [0.15, 0.2) is 0 Å². The van der Waals surface area contributed by atoms with Crippen molar-refractivity contribution in [2.75, 3.05) is 5.32 Å². The van der Waals surface area contributed by atoms with Crippen LogP contribution in [0.25, 0.3) is 0 Å². The molecule has 0 aliphatic carbocycles. The van der Waals surface area contributed by atoms with Gasteiger partial charge in [-0.15, -0.1) is 0 Å². The molecule has 1 heterocycles. The first kappa shape index (κ1) is 24.6. The molecule has 0 aliphatic heterocycles. The fourth-order valence-corrected chi connectivity index (χ4v) is 3.71. The molecule has 0 spiro atoms. The predicted octanol–water partition coefficient (Wildman–Crippen LogP) is 5.57. The van der Waals surface area contributed by atoms with Crippen LogP contribution >= 0.6 is 23.2 Å². The summed E-state index contributed by atoms with van der Waals surface area (Å²) in [5, 5.41) is 3.26. The maximum Gasteiger partial charge on any atom is 0.416 e. The molecule has 0 radical (unpaired) electrons. The van der Waals surface area contributed by atoms with Crippen molar-refractivity contribution < 1.29 is 13.2 Å². The number of benzene rings is 3. The summed E-state index contributed by atoms with van der Waals surface area (Å²) >= 11 is 12.1. The normalized spacial score (nSPS) is 11.5. The Morgan fingerprint density at radius 1 is 0.800 bits per heavy atom. The molecule has 0 atom stereocenters. The molecule has 0 fully saturated rings. The third kappa shape index (κ3) is 5.75. The van der Waals surface area contributed by atoms with Gasteiger partial charge < -0.3 is 5.32 Å². The minimum atomic E-state index is -4.57. The zero-order chi connectivity index (χ0) is 25.2. The van der Waals surface area contributed by atoms with E-state index in [9.17, 15) is 22.8 Å². The summed E-state index contributed by atoms with van der Waals surface area (Å²) in [5.74, 6) is -0.213. The summed E-state index contributed by atoms with van der Waals surface area (Å²) < 4.78 is 41.6. The second-order valence-corrected chi connectivity index (χ2v) is 8.42. The maximum atomic E-state index is 13.4. The molecule has 0 unspecified atom stereocenters. The molecule has 0 saturated heterocycles. The maximum absolute atomic E-state index is 13.4. The average molecular weight is 521 g/mol. The highest BCUT2D eigenvalue weighted by atomic mass is 35.5. The second kappa shape index (κ2) is 9.97. The Hall–Kier alpha value is -3.56. The number of halogens is 5. The van der Waals surface area contributed by atoms with Crippen LogP contribution in [0.3, 0.4) is 0 Å². The molecule has 1 N–H and O–H groups in total. The lowest BCUT2D eigenvalue weighted by Gasteiger charge is -2.17. The third-order valence-electron chi connectivity index (χ3n) is 5.10. The second-order valence-electron chi connectivity index (χ2n) is 7.61. The van der Waals surface area contributed by atoms with Crippen LogP contribution in [0.4, 0.5) is 24.8 Å². The number of nitrogens with one attached hydrogen (secondary N) is 1. The van der Waals surface area contributed by atoms with Gasteiger partial charge in [0.2, 0.25) is 5.95 Å². The molecule has 1 aromatic heterocycles. The van der Waals surface area contributed by atoms with Gasteiger partial charge in [-0.3, -0.25) is 4.57 Å². The highest BCUT2D eigenvalue weighted by Crippen LogP contribution is 2.31. The molecule has 3 aromatic carbocycles. The lowest BCUT2D eigenvalue weighted by molar-refractivity contribution is -0.137. The van der Waals surface area contributed by atoms with Crippen molar-refractivity contribution in [2.24, 2.45) is 0 Å². The summed E-state index contributed by atoms with van der Waals surface area (Å²) in [6, 6.07) is 18.0. The van der Waals surface area contributed by atoms with Gasteiger partial charge in [-0.1, -0.05) is 65.7 Å². The van der Waals surface area contributed by atoms with Crippen molar-refractivity contribution in [2.45, 2.75) is 19.3 Å². The minimum Gasteiger partial charge on any atom is -0.325 e. The topological polar surface area (TPSA) is 68.9 Å². The van der Waals surface area contributed by atoms with E-state index in [0.717, 1.165) is 21.3 Å². The van der Waals surface area contributed by atoms with Crippen molar-refractivity contribution >= 4 is 34.8 Å². The van der Waals surface area contributed by atoms with Gasteiger partial charge >= 0.3 is 17.6 Å². The number of nitrogens with zero attached hydrogens (tertiary/aromatic N) is 3. The standard InChI is InChI=1S/C24H17Cl2F3N4O2/c25-19-10-9-16(11-20(19)26)14-32-21(30-18-8-4-7-17(12-18)24(27,28)29)31-22(34)33(23(32)35)13-15-5-2-1-3-6-15/h1-12H,13-14H2,(H,30,31,34). The van der Waals surface area contributed by atoms with E-state index in [4.69, 9.17) is 23.2 Å². The Morgan fingerprint density at radius 3 is 2.20 bits per heavy atom. The Balaban J connectivity index is 1.81. The lowest BCUT2D eigenvalue weighted by Crippen LogP contribution is -2.43. The van der Waals surface area contributed by atoms with E-state index in [0.29, 0.717) is 16.1 Å². The molecule has 0 amide bonds. The van der Waals surface area contributed by atoms with Crippen molar-refractivity contribution in [3.05, 3.63) is 121 Å². The van der Waals surface area contributed by atoms with Crippen LogP contribution in [-0.4, -0.2) is 14.1 Å².